The van der Waals surface area contributed by atoms with E-state index >= 15 is 0 Å². The molecule has 0 spiro atoms. The van der Waals surface area contributed by atoms with Crippen LogP contribution < -0.4 is 8.92 Å². The zero-order chi connectivity index (χ0) is 16.2. The van der Waals surface area contributed by atoms with Gasteiger partial charge < -0.3 is 8.92 Å². The molecule has 0 aliphatic carbocycles. The first-order chi connectivity index (χ1) is 10.4. The van der Waals surface area contributed by atoms with Crippen LogP contribution in [0.3, 0.4) is 0 Å². The third kappa shape index (κ3) is 4.15. The molecule has 0 amide bonds. The fourth-order valence-electron chi connectivity index (χ4n) is 1.85. The summed E-state index contributed by atoms with van der Waals surface area (Å²) in [6.07, 6.45) is 0.613. The Bertz CT molecular complexity index is 756. The van der Waals surface area contributed by atoms with Gasteiger partial charge in [-0.1, -0.05) is 23.7 Å². The van der Waals surface area contributed by atoms with Crippen LogP contribution in [0.15, 0.2) is 47.4 Å². The second-order valence-corrected chi connectivity index (χ2v) is 6.57. The van der Waals surface area contributed by atoms with Crippen molar-refractivity contribution in [3.8, 4) is 11.5 Å². The van der Waals surface area contributed by atoms with Gasteiger partial charge in [-0.2, -0.15) is 8.42 Å². The summed E-state index contributed by atoms with van der Waals surface area (Å²) in [5, 5.41) is 0.115. The Hall–Kier alpha value is -1.72. The highest BCUT2D eigenvalue weighted by Crippen LogP contribution is 2.28. The number of hydrogen-bond acceptors (Lipinski definition) is 4. The lowest BCUT2D eigenvalue weighted by Gasteiger charge is -2.11. The van der Waals surface area contributed by atoms with Gasteiger partial charge in [0.1, 0.15) is 16.4 Å². The number of hydrogen-bond donors (Lipinski definition) is 0. The van der Waals surface area contributed by atoms with Crippen LogP contribution in [0.25, 0.3) is 0 Å². The lowest BCUT2D eigenvalue weighted by atomic mass is 10.2. The molecular weight excluding hydrogens is 324 g/mol. The number of benzene rings is 2. The van der Waals surface area contributed by atoms with Crippen LogP contribution in [-0.4, -0.2) is 15.0 Å². The molecule has 0 aliphatic heterocycles. The Morgan fingerprint density at radius 3 is 2.50 bits per heavy atom. The zero-order valence-corrected chi connectivity index (χ0v) is 13.7. The first-order valence-electron chi connectivity index (χ1n) is 6.65. The summed E-state index contributed by atoms with van der Waals surface area (Å²) in [6, 6.07) is 11.1. The predicted octanol–water partition coefficient (Wildman–Crippen LogP) is 4.02. The monoisotopic (exact) mass is 339 g/mol. The van der Waals surface area contributed by atoms with Gasteiger partial charge in [-0.05, 0) is 50.1 Å². The minimum absolute atomic E-state index is 0.0709. The van der Waals surface area contributed by atoms with E-state index in [1.54, 1.807) is 24.3 Å². The van der Waals surface area contributed by atoms with Gasteiger partial charge >= 0.3 is 10.1 Å². The van der Waals surface area contributed by atoms with Gasteiger partial charge in [0.05, 0.1) is 11.6 Å². The van der Waals surface area contributed by atoms with Crippen LogP contribution in [-0.2, 0) is 10.1 Å². The van der Waals surface area contributed by atoms with Gasteiger partial charge in [0.15, 0.2) is 0 Å². The Morgan fingerprint density at radius 2 is 1.82 bits per heavy atom. The Morgan fingerprint density at radius 1 is 1.14 bits per heavy atom. The van der Waals surface area contributed by atoms with Crippen LogP contribution in [0.5, 0.6) is 11.5 Å². The van der Waals surface area contributed by atoms with Crippen molar-refractivity contribution < 1.29 is 17.3 Å². The van der Waals surface area contributed by atoms with E-state index in [1.165, 1.54) is 18.2 Å². The highest BCUT2D eigenvalue weighted by Gasteiger charge is 2.20. The summed E-state index contributed by atoms with van der Waals surface area (Å²) < 4.78 is 35.2. The summed E-state index contributed by atoms with van der Waals surface area (Å²) in [5.74, 6) is 0.715. The molecule has 0 unspecified atom stereocenters. The summed E-state index contributed by atoms with van der Waals surface area (Å²) >= 11 is 5.92. The first-order valence-corrected chi connectivity index (χ1v) is 8.44. The molecule has 0 saturated carbocycles. The molecular formula is C16H16ClO4S. The third-order valence-corrected chi connectivity index (χ3v) is 4.50. The Labute approximate surface area is 135 Å². The average molecular weight is 340 g/mol. The standard InChI is InChI=1S/C16H16ClO4S/c1-3-8-20-13-9-12(2)10-14(11-13)21-22(18,19)16-7-5-4-6-15(16)17/h4-7,9-11H,1,3,8H2,2H3. The molecule has 1 radical (unpaired) electrons. The molecule has 0 bridgehead atoms. The van der Waals surface area contributed by atoms with Gasteiger partial charge in [0, 0.05) is 6.07 Å². The lowest BCUT2D eigenvalue weighted by Crippen LogP contribution is -2.10. The van der Waals surface area contributed by atoms with Crippen molar-refractivity contribution in [1.29, 1.82) is 0 Å². The molecule has 6 heteroatoms. The number of rotatable bonds is 6. The van der Waals surface area contributed by atoms with Gasteiger partial charge in [-0.15, -0.1) is 0 Å². The molecule has 0 aromatic heterocycles. The van der Waals surface area contributed by atoms with Gasteiger partial charge in [0.25, 0.3) is 0 Å². The number of aryl methyl sites for hydroxylation is 1. The molecule has 117 valence electrons. The molecule has 0 saturated heterocycles. The van der Waals surface area contributed by atoms with Crippen molar-refractivity contribution in [2.45, 2.75) is 18.2 Å². The minimum atomic E-state index is -4.00. The number of halogens is 1. The molecule has 0 atom stereocenters. The van der Waals surface area contributed by atoms with Crippen molar-refractivity contribution in [2.75, 3.05) is 6.61 Å². The topological polar surface area (TPSA) is 52.6 Å². The van der Waals surface area contributed by atoms with Crippen molar-refractivity contribution in [3.05, 3.63) is 60.0 Å². The van der Waals surface area contributed by atoms with E-state index in [2.05, 4.69) is 6.92 Å². The van der Waals surface area contributed by atoms with E-state index in [1.807, 2.05) is 6.92 Å². The van der Waals surface area contributed by atoms with Crippen LogP contribution in [0.4, 0.5) is 0 Å². The van der Waals surface area contributed by atoms with E-state index in [0.717, 1.165) is 5.56 Å². The molecule has 0 heterocycles. The van der Waals surface area contributed by atoms with E-state index < -0.39 is 10.1 Å². The highest BCUT2D eigenvalue weighted by atomic mass is 35.5. The summed E-state index contributed by atoms with van der Waals surface area (Å²) in [5.41, 5.74) is 0.825. The molecule has 0 N–H and O–H groups in total. The first kappa shape index (κ1) is 16.6. The van der Waals surface area contributed by atoms with Gasteiger partial charge in [0.2, 0.25) is 0 Å². The SMILES string of the molecule is [CH2]CCOc1cc(C)cc(OS(=O)(=O)c2ccccc2Cl)c1. The van der Waals surface area contributed by atoms with Crippen molar-refractivity contribution >= 4 is 21.7 Å². The fraction of sp³-hybridized carbons (Fsp3) is 0.188. The smallest absolute Gasteiger partial charge is 0.340 e. The molecule has 4 nitrogen and oxygen atoms in total. The van der Waals surface area contributed by atoms with Crippen molar-refractivity contribution in [1.82, 2.24) is 0 Å². The van der Waals surface area contributed by atoms with E-state index in [0.29, 0.717) is 18.8 Å². The summed E-state index contributed by atoms with van der Waals surface area (Å²) in [7, 11) is -4.00. The maximum Gasteiger partial charge on any atom is 0.340 e. The maximum atomic E-state index is 12.3. The predicted molar refractivity (Wildman–Crippen MR) is 85.9 cm³/mol. The quantitative estimate of drug-likeness (QED) is 0.746. The van der Waals surface area contributed by atoms with E-state index in [9.17, 15) is 8.42 Å². The van der Waals surface area contributed by atoms with Gasteiger partial charge in [-0.3, -0.25) is 0 Å². The second kappa shape index (κ2) is 7.03. The minimum Gasteiger partial charge on any atom is -0.493 e. The second-order valence-electron chi connectivity index (χ2n) is 4.65. The third-order valence-electron chi connectivity index (χ3n) is 2.75. The van der Waals surface area contributed by atoms with Crippen LogP contribution in [0, 0.1) is 13.8 Å². The van der Waals surface area contributed by atoms with Crippen LogP contribution in [0.2, 0.25) is 5.02 Å². The highest BCUT2D eigenvalue weighted by molar-refractivity contribution is 7.87. The maximum absolute atomic E-state index is 12.3. The fourth-order valence-corrected chi connectivity index (χ4v) is 3.27. The zero-order valence-electron chi connectivity index (χ0n) is 12.1. The van der Waals surface area contributed by atoms with Crippen LogP contribution in [0.1, 0.15) is 12.0 Å². The summed E-state index contributed by atoms with van der Waals surface area (Å²) in [4.78, 5) is -0.0709. The van der Waals surface area contributed by atoms with Crippen molar-refractivity contribution in [2.24, 2.45) is 0 Å². The molecule has 22 heavy (non-hydrogen) atoms. The van der Waals surface area contributed by atoms with E-state index in [-0.39, 0.29) is 15.7 Å². The van der Waals surface area contributed by atoms with Crippen molar-refractivity contribution in [3.63, 3.8) is 0 Å². The molecule has 0 aliphatic rings. The van der Waals surface area contributed by atoms with Crippen LogP contribution >= 0.6 is 11.6 Å². The molecule has 2 aromatic rings. The lowest BCUT2D eigenvalue weighted by molar-refractivity contribution is 0.323. The summed E-state index contributed by atoms with van der Waals surface area (Å²) in [6.45, 7) is 5.96. The van der Waals surface area contributed by atoms with E-state index in [4.69, 9.17) is 20.5 Å². The Kier molecular flexibility index (Phi) is 5.32. The van der Waals surface area contributed by atoms with Gasteiger partial charge in [-0.25, -0.2) is 0 Å². The molecule has 0 fully saturated rings. The Balaban J connectivity index is 2.30. The average Bonchev–Trinajstić information content (AvgIpc) is 2.44. The largest absolute Gasteiger partial charge is 0.493 e. The molecule has 2 rings (SSSR count). The number of ether oxygens (including phenoxy) is 1. The normalized spacial score (nSPS) is 11.2. The molecule has 2 aromatic carbocycles.